The van der Waals surface area contributed by atoms with Gasteiger partial charge in [-0.25, -0.2) is 0 Å². The average molecular weight is 284 g/mol. The van der Waals surface area contributed by atoms with Gasteiger partial charge in [0, 0.05) is 38.4 Å². The molecular weight excluding hydrogens is 260 g/mol. The van der Waals surface area contributed by atoms with Crippen LogP contribution in [-0.2, 0) is 6.54 Å². The molecule has 2 rings (SSSR count). The van der Waals surface area contributed by atoms with Crippen molar-refractivity contribution in [3.8, 4) is 11.5 Å². The molecule has 0 unspecified atom stereocenters. The number of anilines is 1. The van der Waals surface area contributed by atoms with E-state index in [0.29, 0.717) is 6.04 Å². The molecule has 2 aromatic carbocycles. The molecular formula is C18H24N2O. The van der Waals surface area contributed by atoms with Crippen LogP contribution in [0.25, 0.3) is 0 Å². The maximum atomic E-state index is 5.90. The number of ether oxygens (including phenoxy) is 1. The summed E-state index contributed by atoms with van der Waals surface area (Å²) >= 11 is 0. The van der Waals surface area contributed by atoms with Crippen LogP contribution in [0, 0.1) is 0 Å². The van der Waals surface area contributed by atoms with Crippen molar-refractivity contribution in [1.29, 1.82) is 0 Å². The van der Waals surface area contributed by atoms with Crippen LogP contribution in [0.1, 0.15) is 19.4 Å². The topological polar surface area (TPSA) is 24.5 Å². The van der Waals surface area contributed by atoms with Gasteiger partial charge in [0.2, 0.25) is 0 Å². The first-order chi connectivity index (χ1) is 10.0. The zero-order valence-corrected chi connectivity index (χ0v) is 13.3. The molecule has 0 aliphatic rings. The molecule has 0 spiro atoms. The lowest BCUT2D eigenvalue weighted by molar-refractivity contribution is 0.482. The van der Waals surface area contributed by atoms with Crippen LogP contribution in [0.4, 0.5) is 5.69 Å². The van der Waals surface area contributed by atoms with Gasteiger partial charge in [0.05, 0.1) is 0 Å². The van der Waals surface area contributed by atoms with E-state index >= 15 is 0 Å². The van der Waals surface area contributed by atoms with Gasteiger partial charge in [-0.15, -0.1) is 0 Å². The van der Waals surface area contributed by atoms with Gasteiger partial charge in [-0.1, -0.05) is 32.0 Å². The second-order valence-corrected chi connectivity index (χ2v) is 5.67. The van der Waals surface area contributed by atoms with Gasteiger partial charge in [0.25, 0.3) is 0 Å². The van der Waals surface area contributed by atoms with Gasteiger partial charge in [0.15, 0.2) is 0 Å². The third kappa shape index (κ3) is 4.80. The monoisotopic (exact) mass is 284 g/mol. The van der Waals surface area contributed by atoms with E-state index in [1.165, 1.54) is 5.56 Å². The Hall–Kier alpha value is -2.00. The fraction of sp³-hybridized carbons (Fsp3) is 0.333. The van der Waals surface area contributed by atoms with Crippen molar-refractivity contribution in [1.82, 2.24) is 5.32 Å². The third-order valence-corrected chi connectivity index (χ3v) is 3.21. The highest BCUT2D eigenvalue weighted by Gasteiger charge is 2.01. The highest BCUT2D eigenvalue weighted by molar-refractivity contribution is 5.50. The molecule has 0 aliphatic carbocycles. The SMILES string of the molecule is CC(C)NCc1ccc(Oc2cccc(N(C)C)c2)cc1. The van der Waals surface area contributed by atoms with Crippen LogP contribution in [-0.4, -0.2) is 20.1 Å². The van der Waals surface area contributed by atoms with Crippen molar-refractivity contribution in [2.24, 2.45) is 0 Å². The van der Waals surface area contributed by atoms with Gasteiger partial charge in [0.1, 0.15) is 11.5 Å². The molecule has 0 saturated heterocycles. The van der Waals surface area contributed by atoms with Crippen LogP contribution in [0.3, 0.4) is 0 Å². The molecule has 0 bridgehead atoms. The fourth-order valence-corrected chi connectivity index (χ4v) is 1.96. The summed E-state index contributed by atoms with van der Waals surface area (Å²) in [4.78, 5) is 2.06. The van der Waals surface area contributed by atoms with Gasteiger partial charge in [-0.2, -0.15) is 0 Å². The van der Waals surface area contributed by atoms with E-state index in [0.717, 1.165) is 23.7 Å². The van der Waals surface area contributed by atoms with E-state index < -0.39 is 0 Å². The molecule has 0 atom stereocenters. The molecule has 0 saturated carbocycles. The summed E-state index contributed by atoms with van der Waals surface area (Å²) in [5.74, 6) is 1.72. The third-order valence-electron chi connectivity index (χ3n) is 3.21. The number of nitrogens with one attached hydrogen (secondary N) is 1. The lowest BCUT2D eigenvalue weighted by atomic mass is 10.2. The second-order valence-electron chi connectivity index (χ2n) is 5.67. The highest BCUT2D eigenvalue weighted by atomic mass is 16.5. The molecule has 0 aliphatic heterocycles. The number of nitrogens with zero attached hydrogens (tertiary/aromatic N) is 1. The lowest BCUT2D eigenvalue weighted by Gasteiger charge is -2.14. The maximum absolute atomic E-state index is 5.90. The van der Waals surface area contributed by atoms with Crippen molar-refractivity contribution >= 4 is 5.69 Å². The standard InChI is InChI=1S/C18H24N2O/c1-14(2)19-13-15-8-10-17(11-9-15)21-18-7-5-6-16(12-18)20(3)4/h5-12,14,19H,13H2,1-4H3. The van der Waals surface area contributed by atoms with E-state index in [2.05, 4.69) is 42.3 Å². The van der Waals surface area contributed by atoms with E-state index in [1.807, 2.05) is 44.4 Å². The van der Waals surface area contributed by atoms with E-state index in [1.54, 1.807) is 0 Å². The van der Waals surface area contributed by atoms with Crippen LogP contribution in [0.5, 0.6) is 11.5 Å². The summed E-state index contributed by atoms with van der Waals surface area (Å²) in [6.07, 6.45) is 0. The summed E-state index contributed by atoms with van der Waals surface area (Å²) < 4.78 is 5.90. The molecule has 1 N–H and O–H groups in total. The maximum Gasteiger partial charge on any atom is 0.129 e. The quantitative estimate of drug-likeness (QED) is 0.866. The molecule has 0 fully saturated rings. The molecule has 0 radical (unpaired) electrons. The Balaban J connectivity index is 2.01. The molecule has 21 heavy (non-hydrogen) atoms. The molecule has 112 valence electrons. The number of hydrogen-bond acceptors (Lipinski definition) is 3. The van der Waals surface area contributed by atoms with E-state index in [4.69, 9.17) is 4.74 Å². The predicted octanol–water partition coefficient (Wildman–Crippen LogP) is 4.04. The highest BCUT2D eigenvalue weighted by Crippen LogP contribution is 2.25. The first-order valence-corrected chi connectivity index (χ1v) is 7.32. The zero-order chi connectivity index (χ0) is 15.2. The zero-order valence-electron chi connectivity index (χ0n) is 13.3. The van der Waals surface area contributed by atoms with Crippen molar-refractivity contribution in [3.05, 3.63) is 54.1 Å². The van der Waals surface area contributed by atoms with Crippen LogP contribution in [0.2, 0.25) is 0 Å². The second kappa shape index (κ2) is 7.14. The molecule has 0 heterocycles. The Bertz CT molecular complexity index is 562. The number of benzene rings is 2. The molecule has 0 aromatic heterocycles. The lowest BCUT2D eigenvalue weighted by Crippen LogP contribution is -2.21. The van der Waals surface area contributed by atoms with Gasteiger partial charge >= 0.3 is 0 Å². The minimum Gasteiger partial charge on any atom is -0.457 e. The molecule has 3 heteroatoms. The van der Waals surface area contributed by atoms with Crippen LogP contribution in [0.15, 0.2) is 48.5 Å². The van der Waals surface area contributed by atoms with Gasteiger partial charge in [-0.3, -0.25) is 0 Å². The molecule has 0 amide bonds. The fourth-order valence-electron chi connectivity index (χ4n) is 1.96. The average Bonchev–Trinajstić information content (AvgIpc) is 2.47. The minimum atomic E-state index is 0.495. The van der Waals surface area contributed by atoms with Crippen molar-refractivity contribution in [2.75, 3.05) is 19.0 Å². The molecule has 3 nitrogen and oxygen atoms in total. The first kappa shape index (κ1) is 15.4. The van der Waals surface area contributed by atoms with Crippen molar-refractivity contribution in [2.45, 2.75) is 26.4 Å². The number of rotatable bonds is 6. The van der Waals surface area contributed by atoms with Crippen LogP contribution < -0.4 is 15.0 Å². The summed E-state index contributed by atoms with van der Waals surface area (Å²) in [5.41, 5.74) is 2.39. The molecule has 2 aromatic rings. The Kier molecular flexibility index (Phi) is 5.23. The number of hydrogen-bond donors (Lipinski definition) is 1. The summed E-state index contributed by atoms with van der Waals surface area (Å²) in [7, 11) is 4.05. The van der Waals surface area contributed by atoms with Crippen molar-refractivity contribution in [3.63, 3.8) is 0 Å². The van der Waals surface area contributed by atoms with Crippen molar-refractivity contribution < 1.29 is 4.74 Å². The normalized spacial score (nSPS) is 10.7. The summed E-state index contributed by atoms with van der Waals surface area (Å²) in [5, 5.41) is 3.40. The Morgan fingerprint density at radius 1 is 1.00 bits per heavy atom. The van der Waals surface area contributed by atoms with Gasteiger partial charge in [-0.05, 0) is 29.8 Å². The first-order valence-electron chi connectivity index (χ1n) is 7.32. The van der Waals surface area contributed by atoms with E-state index in [9.17, 15) is 0 Å². The summed E-state index contributed by atoms with van der Waals surface area (Å²) in [6.45, 7) is 5.18. The predicted molar refractivity (Wildman–Crippen MR) is 89.3 cm³/mol. The largest absolute Gasteiger partial charge is 0.457 e. The minimum absolute atomic E-state index is 0.495. The van der Waals surface area contributed by atoms with Gasteiger partial charge < -0.3 is 15.0 Å². The summed E-state index contributed by atoms with van der Waals surface area (Å²) in [6, 6.07) is 16.8. The Morgan fingerprint density at radius 3 is 2.33 bits per heavy atom. The Labute approximate surface area is 127 Å². The van der Waals surface area contributed by atoms with Crippen LogP contribution >= 0.6 is 0 Å². The smallest absolute Gasteiger partial charge is 0.129 e. The Morgan fingerprint density at radius 2 is 1.71 bits per heavy atom. The van der Waals surface area contributed by atoms with E-state index in [-0.39, 0.29) is 0 Å².